The van der Waals surface area contributed by atoms with Gasteiger partial charge in [-0.2, -0.15) is 0 Å². The fourth-order valence-corrected chi connectivity index (χ4v) is 3.81. The molecule has 0 aromatic heterocycles. The van der Waals surface area contributed by atoms with Crippen LogP contribution in [0, 0.1) is 13.8 Å². The zero-order valence-corrected chi connectivity index (χ0v) is 17.9. The number of benzene rings is 3. The summed E-state index contributed by atoms with van der Waals surface area (Å²) in [7, 11) is 0. The van der Waals surface area contributed by atoms with Gasteiger partial charge >= 0.3 is 5.97 Å². The molecule has 3 aromatic carbocycles. The summed E-state index contributed by atoms with van der Waals surface area (Å²) in [4.78, 5) is 13.0. The van der Waals surface area contributed by atoms with Crippen molar-refractivity contribution in [1.82, 2.24) is 0 Å². The molecule has 166 valence electrons. The van der Waals surface area contributed by atoms with Crippen LogP contribution in [0.4, 0.5) is 0 Å². The molecule has 0 spiro atoms. The molecule has 1 saturated heterocycles. The maximum Gasteiger partial charge on any atom is 0.338 e. The summed E-state index contributed by atoms with van der Waals surface area (Å²) in [5.41, 5.74) is 4.98. The molecular formula is C26H26O6. The summed E-state index contributed by atoms with van der Waals surface area (Å²) in [5, 5.41) is 30.2. The SMILES string of the molecule is Cc1ccc([C@@H](OC(=O)c2ccc(-c3ccccc3)cc2)[C@H]2OC(O)[C@H](O)[C@@H]2O)cc1C. The number of aliphatic hydroxyl groups is 3. The van der Waals surface area contributed by atoms with E-state index in [1.165, 1.54) is 0 Å². The van der Waals surface area contributed by atoms with Gasteiger partial charge < -0.3 is 24.8 Å². The first-order chi connectivity index (χ1) is 15.3. The van der Waals surface area contributed by atoms with Crippen molar-refractivity contribution in [3.8, 4) is 11.1 Å². The Labute approximate surface area is 186 Å². The second-order valence-electron chi connectivity index (χ2n) is 8.09. The van der Waals surface area contributed by atoms with E-state index in [-0.39, 0.29) is 0 Å². The fourth-order valence-electron chi connectivity index (χ4n) is 3.81. The number of aliphatic hydroxyl groups excluding tert-OH is 3. The van der Waals surface area contributed by atoms with Crippen LogP contribution in [0.2, 0.25) is 0 Å². The van der Waals surface area contributed by atoms with Gasteiger partial charge in [0.15, 0.2) is 12.4 Å². The third-order valence-electron chi connectivity index (χ3n) is 5.89. The molecule has 4 rings (SSSR count). The van der Waals surface area contributed by atoms with Crippen molar-refractivity contribution >= 4 is 5.97 Å². The van der Waals surface area contributed by atoms with Gasteiger partial charge in [-0.15, -0.1) is 0 Å². The van der Waals surface area contributed by atoms with Crippen LogP contribution in [0.1, 0.15) is 33.2 Å². The molecule has 1 aliphatic rings. The van der Waals surface area contributed by atoms with Crippen molar-refractivity contribution < 1.29 is 29.6 Å². The first kappa shape index (κ1) is 22.2. The second-order valence-corrected chi connectivity index (χ2v) is 8.09. The number of ether oxygens (including phenoxy) is 2. The van der Waals surface area contributed by atoms with Crippen LogP contribution >= 0.6 is 0 Å². The normalized spacial score (nSPS) is 23.7. The number of hydrogen-bond donors (Lipinski definition) is 3. The highest BCUT2D eigenvalue weighted by Gasteiger charge is 2.47. The van der Waals surface area contributed by atoms with E-state index < -0.39 is 36.7 Å². The first-order valence-electron chi connectivity index (χ1n) is 10.5. The van der Waals surface area contributed by atoms with E-state index in [9.17, 15) is 20.1 Å². The van der Waals surface area contributed by atoms with Crippen LogP contribution in [-0.2, 0) is 9.47 Å². The van der Waals surface area contributed by atoms with Gasteiger partial charge in [-0.05, 0) is 53.8 Å². The summed E-state index contributed by atoms with van der Waals surface area (Å²) < 4.78 is 11.1. The van der Waals surface area contributed by atoms with Crippen molar-refractivity contribution in [2.75, 3.05) is 0 Å². The Morgan fingerprint density at radius 1 is 0.844 bits per heavy atom. The van der Waals surface area contributed by atoms with Crippen molar-refractivity contribution in [1.29, 1.82) is 0 Å². The van der Waals surface area contributed by atoms with Crippen LogP contribution in [-0.4, -0.2) is 45.9 Å². The monoisotopic (exact) mass is 434 g/mol. The van der Waals surface area contributed by atoms with E-state index in [4.69, 9.17) is 9.47 Å². The minimum Gasteiger partial charge on any atom is -0.451 e. The quantitative estimate of drug-likeness (QED) is 0.533. The average Bonchev–Trinajstić information content (AvgIpc) is 3.07. The molecule has 5 atom stereocenters. The molecule has 1 heterocycles. The van der Waals surface area contributed by atoms with E-state index in [0.29, 0.717) is 11.1 Å². The molecule has 0 saturated carbocycles. The van der Waals surface area contributed by atoms with Crippen LogP contribution in [0.15, 0.2) is 72.8 Å². The maximum atomic E-state index is 13.0. The van der Waals surface area contributed by atoms with Gasteiger partial charge in [0.1, 0.15) is 18.3 Å². The molecule has 3 N–H and O–H groups in total. The Hall–Kier alpha value is -3.03. The van der Waals surface area contributed by atoms with Gasteiger partial charge in [0.25, 0.3) is 0 Å². The summed E-state index contributed by atoms with van der Waals surface area (Å²) in [6.07, 6.45) is -6.59. The Morgan fingerprint density at radius 3 is 2.09 bits per heavy atom. The van der Waals surface area contributed by atoms with Gasteiger partial charge in [0.05, 0.1) is 5.56 Å². The lowest BCUT2D eigenvalue weighted by atomic mass is 9.96. The number of carbonyl (C=O) groups is 1. The molecule has 6 heteroatoms. The molecular weight excluding hydrogens is 408 g/mol. The Morgan fingerprint density at radius 2 is 1.50 bits per heavy atom. The molecule has 6 nitrogen and oxygen atoms in total. The van der Waals surface area contributed by atoms with E-state index >= 15 is 0 Å². The van der Waals surface area contributed by atoms with Gasteiger partial charge in [0, 0.05) is 0 Å². The topological polar surface area (TPSA) is 96.2 Å². The first-order valence-corrected chi connectivity index (χ1v) is 10.5. The Bertz CT molecular complexity index is 1080. The largest absolute Gasteiger partial charge is 0.451 e. The molecule has 3 aromatic rings. The minimum atomic E-state index is -1.56. The third-order valence-corrected chi connectivity index (χ3v) is 5.89. The summed E-state index contributed by atoms with van der Waals surface area (Å²) >= 11 is 0. The lowest BCUT2D eigenvalue weighted by Crippen LogP contribution is -2.36. The lowest BCUT2D eigenvalue weighted by molar-refractivity contribution is -0.148. The van der Waals surface area contributed by atoms with Crippen LogP contribution in [0.3, 0.4) is 0 Å². The molecule has 1 aliphatic heterocycles. The molecule has 0 aliphatic carbocycles. The zero-order chi connectivity index (χ0) is 22.8. The average molecular weight is 434 g/mol. The van der Waals surface area contributed by atoms with Crippen LogP contribution < -0.4 is 0 Å². The summed E-state index contributed by atoms with van der Waals surface area (Å²) in [6, 6.07) is 22.3. The Kier molecular flexibility index (Phi) is 6.39. The highest BCUT2D eigenvalue weighted by Crippen LogP contribution is 2.34. The van der Waals surface area contributed by atoms with Crippen molar-refractivity contribution in [2.24, 2.45) is 0 Å². The van der Waals surface area contributed by atoms with E-state index in [0.717, 1.165) is 22.3 Å². The predicted molar refractivity (Wildman–Crippen MR) is 119 cm³/mol. The standard InChI is InChI=1S/C26H26O6/c1-15-8-9-20(14-16(15)2)23(24-21(27)22(28)26(30)32-24)31-25(29)19-12-10-18(11-13-19)17-6-4-3-5-7-17/h3-14,21-24,26-28,30H,1-2H3/t21-,22+,23+,24-,26?/m0/s1. The number of hydrogen-bond acceptors (Lipinski definition) is 6. The highest BCUT2D eigenvalue weighted by molar-refractivity contribution is 5.90. The number of aryl methyl sites for hydroxylation is 2. The molecule has 32 heavy (non-hydrogen) atoms. The molecule has 0 bridgehead atoms. The maximum absolute atomic E-state index is 13.0. The summed E-state index contributed by atoms with van der Waals surface area (Å²) in [6.45, 7) is 3.89. The van der Waals surface area contributed by atoms with Gasteiger partial charge in [0.2, 0.25) is 0 Å². The molecule has 0 radical (unpaired) electrons. The zero-order valence-electron chi connectivity index (χ0n) is 17.9. The van der Waals surface area contributed by atoms with E-state index in [2.05, 4.69) is 0 Å². The third kappa shape index (κ3) is 4.45. The van der Waals surface area contributed by atoms with Crippen molar-refractivity contribution in [3.63, 3.8) is 0 Å². The second kappa shape index (κ2) is 9.22. The van der Waals surface area contributed by atoms with Gasteiger partial charge in [-0.1, -0.05) is 60.7 Å². The molecule has 0 amide bonds. The van der Waals surface area contributed by atoms with Gasteiger partial charge in [-0.3, -0.25) is 0 Å². The van der Waals surface area contributed by atoms with Crippen LogP contribution in [0.25, 0.3) is 11.1 Å². The van der Waals surface area contributed by atoms with E-state index in [1.54, 1.807) is 18.2 Å². The van der Waals surface area contributed by atoms with Crippen molar-refractivity contribution in [2.45, 2.75) is 44.6 Å². The fraction of sp³-hybridized carbons (Fsp3) is 0.269. The Balaban J connectivity index is 1.60. The molecule has 1 unspecified atom stereocenters. The number of rotatable bonds is 5. The number of esters is 1. The predicted octanol–water partition coefficient (Wildman–Crippen LogP) is 3.31. The smallest absolute Gasteiger partial charge is 0.338 e. The van der Waals surface area contributed by atoms with E-state index in [1.807, 2.05) is 68.4 Å². The van der Waals surface area contributed by atoms with Gasteiger partial charge in [-0.25, -0.2) is 4.79 Å². The summed E-state index contributed by atoms with van der Waals surface area (Å²) in [5.74, 6) is -0.598. The van der Waals surface area contributed by atoms with Crippen molar-refractivity contribution in [3.05, 3.63) is 95.1 Å². The highest BCUT2D eigenvalue weighted by atomic mass is 16.7. The van der Waals surface area contributed by atoms with Crippen LogP contribution in [0.5, 0.6) is 0 Å². The molecule has 1 fully saturated rings. The minimum absolute atomic E-state index is 0.340. The number of carbonyl (C=O) groups excluding carboxylic acids is 1. The lowest BCUT2D eigenvalue weighted by Gasteiger charge is -2.26.